The summed E-state index contributed by atoms with van der Waals surface area (Å²) in [6, 6.07) is 8.45. The van der Waals surface area contributed by atoms with E-state index >= 15 is 0 Å². The molecule has 3 aromatic carbocycles. The summed E-state index contributed by atoms with van der Waals surface area (Å²) in [6.45, 7) is -1.75. The molecule has 1 aliphatic rings. The third-order valence-corrected chi connectivity index (χ3v) is 11.7. The van der Waals surface area contributed by atoms with Crippen molar-refractivity contribution < 1.29 is 57.5 Å². The van der Waals surface area contributed by atoms with Crippen LogP contribution >= 0.6 is 0 Å². The Morgan fingerprint density at radius 2 is 1.44 bits per heavy atom. The molecule has 0 N–H and O–H groups in total. The lowest BCUT2D eigenvalue weighted by Crippen LogP contribution is -2.56. The van der Waals surface area contributed by atoms with Gasteiger partial charge in [-0.3, -0.25) is 9.48 Å². The van der Waals surface area contributed by atoms with Crippen molar-refractivity contribution >= 4 is 15.6 Å². The number of ether oxygens (including phenoxy) is 1. The number of carbonyl (C=O) groups is 1. The monoisotopic (exact) mass is 732 g/mol. The van der Waals surface area contributed by atoms with Gasteiger partial charge in [-0.15, -0.1) is 0 Å². The molecule has 1 fully saturated rings. The molecule has 4 aromatic rings. The smallest absolute Gasteiger partial charge is 0.349 e. The molecule has 5 rings (SSSR count). The van der Waals surface area contributed by atoms with E-state index in [1.54, 1.807) is 7.05 Å². The van der Waals surface area contributed by atoms with Gasteiger partial charge in [0.2, 0.25) is 0 Å². The highest BCUT2D eigenvalue weighted by Gasteiger charge is 2.73. The highest BCUT2D eigenvalue weighted by molar-refractivity contribution is 7.92. The van der Waals surface area contributed by atoms with Crippen molar-refractivity contribution in [3.05, 3.63) is 119 Å². The second kappa shape index (κ2) is 13.5. The molecule has 0 aliphatic heterocycles. The van der Waals surface area contributed by atoms with Gasteiger partial charge >= 0.3 is 12.4 Å². The zero-order chi connectivity index (χ0) is 36.7. The van der Waals surface area contributed by atoms with Gasteiger partial charge in [0.15, 0.2) is 15.6 Å². The third kappa shape index (κ3) is 6.66. The van der Waals surface area contributed by atoms with Gasteiger partial charge in [-0.25, -0.2) is 21.6 Å². The number of sulfone groups is 1. The number of hydrogen-bond donors (Lipinski definition) is 0. The lowest BCUT2D eigenvalue weighted by atomic mass is 9.75. The van der Waals surface area contributed by atoms with Gasteiger partial charge in [0.25, 0.3) is 5.60 Å². The fourth-order valence-corrected chi connectivity index (χ4v) is 8.60. The summed E-state index contributed by atoms with van der Waals surface area (Å²) in [6.07, 6.45) is -9.54. The molecule has 0 amide bonds. The summed E-state index contributed by atoms with van der Waals surface area (Å²) in [4.78, 5) is 12.5. The summed E-state index contributed by atoms with van der Waals surface area (Å²) in [5.41, 5.74) is -7.55. The van der Waals surface area contributed by atoms with Gasteiger partial charge in [-0.1, -0.05) is 30.3 Å². The van der Waals surface area contributed by atoms with Gasteiger partial charge in [0.1, 0.15) is 22.2 Å². The van der Waals surface area contributed by atoms with Crippen LogP contribution in [0.4, 0.5) is 39.5 Å². The Balaban J connectivity index is 1.55. The van der Waals surface area contributed by atoms with E-state index < -0.39 is 67.7 Å². The van der Waals surface area contributed by atoms with E-state index in [-0.39, 0.29) is 54.3 Å². The van der Waals surface area contributed by atoms with Crippen LogP contribution < -0.4 is 0 Å². The lowest BCUT2D eigenvalue weighted by Gasteiger charge is -2.41. The summed E-state index contributed by atoms with van der Waals surface area (Å²) in [5.74, 6) is -4.15. The molecule has 0 unspecified atom stereocenters. The molecule has 0 spiro atoms. The number of aryl methyl sites for hydroxylation is 1. The van der Waals surface area contributed by atoms with Gasteiger partial charge in [0.05, 0.1) is 23.3 Å². The van der Waals surface area contributed by atoms with Crippen LogP contribution in [0.25, 0.3) is 0 Å². The maximum absolute atomic E-state index is 14.5. The van der Waals surface area contributed by atoms with E-state index in [2.05, 4.69) is 9.84 Å². The first-order valence-corrected chi connectivity index (χ1v) is 16.6. The molecule has 50 heavy (non-hydrogen) atoms. The summed E-state index contributed by atoms with van der Waals surface area (Å²) < 4.78 is 162. The van der Waals surface area contributed by atoms with E-state index in [1.807, 2.05) is 0 Å². The van der Waals surface area contributed by atoms with Crippen LogP contribution in [0.5, 0.6) is 0 Å². The minimum atomic E-state index is -6.20. The van der Waals surface area contributed by atoms with Crippen molar-refractivity contribution in [1.29, 1.82) is 0 Å². The predicted octanol–water partition coefficient (Wildman–Crippen LogP) is 8.51. The molecule has 0 saturated heterocycles. The second-order valence-electron chi connectivity index (χ2n) is 12.2. The Morgan fingerprint density at radius 3 is 1.94 bits per heavy atom. The molecule has 6 nitrogen and oxygen atoms in total. The Hall–Kier alpha value is -4.18. The number of aromatic nitrogens is 2. The van der Waals surface area contributed by atoms with Crippen LogP contribution in [0, 0.1) is 23.4 Å². The van der Waals surface area contributed by atoms with Crippen LogP contribution in [0.2, 0.25) is 0 Å². The Morgan fingerprint density at radius 1 is 0.880 bits per heavy atom. The second-order valence-corrected chi connectivity index (χ2v) is 14.4. The van der Waals surface area contributed by atoms with E-state index in [1.165, 1.54) is 17.1 Å². The lowest BCUT2D eigenvalue weighted by molar-refractivity contribution is -0.392. The predicted molar refractivity (Wildman–Crippen MR) is 161 cm³/mol. The summed E-state index contributed by atoms with van der Waals surface area (Å²) in [5, 5.41) is 3.96. The van der Waals surface area contributed by atoms with E-state index in [9.17, 15) is 52.7 Å². The van der Waals surface area contributed by atoms with Crippen LogP contribution in [-0.4, -0.2) is 36.3 Å². The molecule has 1 heterocycles. The number of alkyl halides is 6. The van der Waals surface area contributed by atoms with Crippen molar-refractivity contribution in [2.75, 3.05) is 0 Å². The Bertz CT molecular complexity index is 1910. The first-order valence-electron chi connectivity index (χ1n) is 15.2. The van der Waals surface area contributed by atoms with Crippen molar-refractivity contribution in [2.45, 2.75) is 66.3 Å². The van der Waals surface area contributed by atoms with Crippen molar-refractivity contribution in [2.24, 2.45) is 13.0 Å². The average molecular weight is 733 g/mol. The molecule has 0 bridgehead atoms. The maximum Gasteiger partial charge on any atom is 0.430 e. The minimum absolute atomic E-state index is 0.0386. The highest BCUT2D eigenvalue weighted by atomic mass is 32.2. The van der Waals surface area contributed by atoms with Crippen LogP contribution in [0.1, 0.15) is 59.2 Å². The molecule has 0 radical (unpaired) electrons. The molecule has 1 aromatic heterocycles. The van der Waals surface area contributed by atoms with Gasteiger partial charge in [0, 0.05) is 30.8 Å². The number of hydrogen-bond acceptors (Lipinski definition) is 5. The Labute approximate surface area is 280 Å². The van der Waals surface area contributed by atoms with E-state index in [4.69, 9.17) is 0 Å². The highest BCUT2D eigenvalue weighted by Crippen LogP contribution is 2.55. The first-order chi connectivity index (χ1) is 23.3. The van der Waals surface area contributed by atoms with E-state index in [0.717, 1.165) is 42.5 Å². The molecular formula is C34H29F9N2O4S. The summed E-state index contributed by atoms with van der Waals surface area (Å²) in [7, 11) is -2.85. The van der Waals surface area contributed by atoms with Gasteiger partial charge in [-0.2, -0.15) is 31.4 Å². The quantitative estimate of drug-likeness (QED) is 0.0929. The average Bonchev–Trinajstić information content (AvgIpc) is 3.48. The molecule has 16 heteroatoms. The third-order valence-electron chi connectivity index (χ3n) is 9.16. The Kier molecular flexibility index (Phi) is 10.0. The molecule has 0 atom stereocenters. The fourth-order valence-electron chi connectivity index (χ4n) is 6.44. The number of carbonyl (C=O) groups excluding carboxylic acids is 1. The normalized spacial score (nSPS) is 19.0. The molecule has 268 valence electrons. The number of benzene rings is 3. The van der Waals surface area contributed by atoms with Crippen LogP contribution in [0.15, 0.2) is 84.0 Å². The zero-order valence-corrected chi connectivity index (χ0v) is 27.0. The maximum atomic E-state index is 14.5. The van der Waals surface area contributed by atoms with Gasteiger partial charge in [-0.05, 0) is 73.6 Å². The van der Waals surface area contributed by atoms with Crippen LogP contribution in [-0.2, 0) is 38.6 Å². The molecule has 1 aliphatic carbocycles. The van der Waals surface area contributed by atoms with Crippen molar-refractivity contribution in [3.63, 3.8) is 0 Å². The van der Waals surface area contributed by atoms with E-state index in [0.29, 0.717) is 29.8 Å². The summed E-state index contributed by atoms with van der Waals surface area (Å²) >= 11 is 0. The topological polar surface area (TPSA) is 78.3 Å². The standard InChI is InChI=1S/C34H29F9N2O4S/c1-45-19-22(18-44-45)30(46)17-21-13-15-31(16-14-21,50(47,48)26-11-9-25(35)10-12-26)23-5-7-24(8-6-23)32(33(38,39)40,34(41,42)43)49-20-27-28(36)3-2-4-29(27)37/h2-12,18-19,21H,13-17,20H2,1H3. The number of rotatable bonds is 10. The van der Waals surface area contributed by atoms with Crippen LogP contribution in [0.3, 0.4) is 0 Å². The SMILES string of the molecule is Cn1cc(C(=O)CC2CCC(c3ccc(C(OCc4c(F)cccc4F)(C(F)(F)F)C(F)(F)F)cc3)(S(=O)(=O)c3ccc(F)cc3)CC2)cn1. The number of Topliss-reactive ketones (excluding diaryl/α,β-unsaturated/α-hetero) is 1. The number of nitrogens with zero attached hydrogens (tertiary/aromatic N) is 2. The minimum Gasteiger partial charge on any atom is -0.349 e. The number of ketones is 1. The molecule has 1 saturated carbocycles. The van der Waals surface area contributed by atoms with Crippen molar-refractivity contribution in [3.8, 4) is 0 Å². The largest absolute Gasteiger partial charge is 0.430 e. The first kappa shape index (κ1) is 37.1. The fraction of sp³-hybridized carbons (Fsp3) is 0.353. The number of halogens is 9. The van der Waals surface area contributed by atoms with Gasteiger partial charge < -0.3 is 4.74 Å². The zero-order valence-electron chi connectivity index (χ0n) is 26.2. The molecular weight excluding hydrogens is 703 g/mol. The van der Waals surface area contributed by atoms with Crippen molar-refractivity contribution in [1.82, 2.24) is 9.78 Å².